The van der Waals surface area contributed by atoms with Gasteiger partial charge in [0, 0.05) is 24.8 Å². The fourth-order valence-corrected chi connectivity index (χ4v) is 3.66. The summed E-state index contributed by atoms with van der Waals surface area (Å²) in [6.07, 6.45) is 2.80. The number of H-pyrrole nitrogens is 1. The fourth-order valence-electron chi connectivity index (χ4n) is 3.66. The van der Waals surface area contributed by atoms with Crippen LogP contribution < -0.4 is 16.6 Å². The number of hydrogen-bond acceptors (Lipinski definition) is 7. The zero-order valence-electron chi connectivity index (χ0n) is 20.0. The normalized spacial score (nSPS) is 12.2. The lowest BCUT2D eigenvalue weighted by Gasteiger charge is -2.19. The van der Waals surface area contributed by atoms with E-state index in [9.17, 15) is 19.2 Å². The summed E-state index contributed by atoms with van der Waals surface area (Å²) in [5.74, 6) is -0.850. The number of methoxy groups -OCH3 is 1. The number of hydrogen-bond donors (Lipinski definition) is 2. The first-order chi connectivity index (χ1) is 16.2. The Morgan fingerprint density at radius 1 is 1.12 bits per heavy atom. The number of amides is 1. The van der Waals surface area contributed by atoms with Gasteiger partial charge >= 0.3 is 11.7 Å². The largest absolute Gasteiger partial charge is 0.467 e. The predicted octanol–water partition coefficient (Wildman–Crippen LogP) is 1.70. The zero-order valence-corrected chi connectivity index (χ0v) is 20.0. The quantitative estimate of drug-likeness (QED) is 0.453. The van der Waals surface area contributed by atoms with E-state index in [1.807, 2.05) is 13.8 Å². The van der Waals surface area contributed by atoms with E-state index in [1.165, 1.54) is 28.5 Å². The number of aromatic nitrogens is 5. The average Bonchev–Trinajstić information content (AvgIpc) is 3.27. The van der Waals surface area contributed by atoms with Gasteiger partial charge in [-0.1, -0.05) is 27.7 Å². The van der Waals surface area contributed by atoms with E-state index in [1.54, 1.807) is 19.9 Å². The first-order valence-corrected chi connectivity index (χ1v) is 11.3. The maximum atomic E-state index is 12.9. The van der Waals surface area contributed by atoms with Gasteiger partial charge in [0.05, 0.1) is 7.11 Å². The summed E-state index contributed by atoms with van der Waals surface area (Å²) >= 11 is 0. The van der Waals surface area contributed by atoms with E-state index >= 15 is 0 Å². The zero-order chi connectivity index (χ0) is 25.0. The molecule has 1 amide bonds. The third kappa shape index (κ3) is 4.78. The van der Waals surface area contributed by atoms with E-state index < -0.39 is 23.5 Å². The fraction of sp³-hybridized carbons (Fsp3) is 0.478. The molecule has 0 aliphatic carbocycles. The highest BCUT2D eigenvalue weighted by Crippen LogP contribution is 2.18. The van der Waals surface area contributed by atoms with Gasteiger partial charge in [0.1, 0.15) is 23.1 Å². The van der Waals surface area contributed by atoms with Crippen molar-refractivity contribution in [1.82, 2.24) is 29.4 Å². The summed E-state index contributed by atoms with van der Waals surface area (Å²) in [6.45, 7) is 8.19. The maximum Gasteiger partial charge on any atom is 0.332 e. The molecular weight excluding hydrogens is 440 g/mol. The standard InChI is InChI=1S/C23H30N6O5/c1-6-10-28-19-17(21(31)29(11-7-2)23(28)33)25-18(27-19)14-8-9-15(24-12-14)20(30)26-16(13(3)4)22(32)34-5/h8-9,12-13,16H,6-7,10-11H2,1-5H3,(H,25,27)(H,26,30). The smallest absolute Gasteiger partial charge is 0.332 e. The second kappa shape index (κ2) is 10.4. The molecule has 2 N–H and O–H groups in total. The minimum absolute atomic E-state index is 0.114. The number of esters is 1. The molecule has 0 spiro atoms. The molecule has 1 unspecified atom stereocenters. The molecule has 0 aliphatic rings. The van der Waals surface area contributed by atoms with Gasteiger partial charge < -0.3 is 15.0 Å². The van der Waals surface area contributed by atoms with Gasteiger partial charge in [-0.3, -0.25) is 23.7 Å². The van der Waals surface area contributed by atoms with Crippen molar-refractivity contribution in [1.29, 1.82) is 0 Å². The molecule has 11 heteroatoms. The summed E-state index contributed by atoms with van der Waals surface area (Å²) in [6, 6.07) is 2.34. The lowest BCUT2D eigenvalue weighted by molar-refractivity contribution is -0.144. The summed E-state index contributed by atoms with van der Waals surface area (Å²) < 4.78 is 7.47. The Hall–Kier alpha value is -3.76. The first kappa shape index (κ1) is 24.9. The minimum Gasteiger partial charge on any atom is -0.467 e. The molecule has 11 nitrogen and oxygen atoms in total. The molecule has 3 rings (SSSR count). The Bertz CT molecular complexity index is 1300. The molecule has 0 saturated carbocycles. The highest BCUT2D eigenvalue weighted by Gasteiger charge is 2.26. The van der Waals surface area contributed by atoms with E-state index in [0.717, 1.165) is 0 Å². The van der Waals surface area contributed by atoms with Crippen molar-refractivity contribution in [2.24, 2.45) is 5.92 Å². The molecule has 34 heavy (non-hydrogen) atoms. The molecule has 0 bridgehead atoms. The Morgan fingerprint density at radius 2 is 1.79 bits per heavy atom. The monoisotopic (exact) mass is 470 g/mol. The summed E-state index contributed by atoms with van der Waals surface area (Å²) in [7, 11) is 1.27. The maximum absolute atomic E-state index is 12.9. The topological polar surface area (TPSA) is 141 Å². The third-order valence-electron chi connectivity index (χ3n) is 5.43. The van der Waals surface area contributed by atoms with Gasteiger partial charge in [0.25, 0.3) is 11.5 Å². The number of rotatable bonds is 9. The van der Waals surface area contributed by atoms with Crippen LogP contribution in [0.3, 0.4) is 0 Å². The SMILES string of the molecule is CCCn1c(=O)c2[nH]c(-c3ccc(C(=O)NC(C(=O)OC)C(C)C)nc3)nc2n(CCC)c1=O. The van der Waals surface area contributed by atoms with Crippen LogP contribution in [0.4, 0.5) is 0 Å². The number of ether oxygens (including phenoxy) is 1. The summed E-state index contributed by atoms with van der Waals surface area (Å²) in [5, 5.41) is 2.64. The second-order valence-corrected chi connectivity index (χ2v) is 8.33. The highest BCUT2D eigenvalue weighted by molar-refractivity contribution is 5.95. The Balaban J connectivity index is 1.97. The molecule has 3 aromatic rings. The van der Waals surface area contributed by atoms with Gasteiger partial charge in [-0.15, -0.1) is 0 Å². The summed E-state index contributed by atoms with van der Waals surface area (Å²) in [5.41, 5.74) is 0.393. The number of aryl methyl sites for hydroxylation is 1. The molecule has 0 aromatic carbocycles. The van der Waals surface area contributed by atoms with Crippen LogP contribution in [0.5, 0.6) is 0 Å². The number of carbonyl (C=O) groups is 2. The van der Waals surface area contributed by atoms with Crippen LogP contribution in [-0.2, 0) is 22.6 Å². The van der Waals surface area contributed by atoms with Crippen LogP contribution in [-0.4, -0.2) is 49.1 Å². The Morgan fingerprint density at radius 3 is 2.35 bits per heavy atom. The Labute approximate surface area is 196 Å². The lowest BCUT2D eigenvalue weighted by atomic mass is 10.0. The molecule has 182 valence electrons. The molecule has 0 fully saturated rings. The van der Waals surface area contributed by atoms with Crippen molar-refractivity contribution in [2.45, 2.75) is 59.7 Å². The van der Waals surface area contributed by atoms with Crippen molar-refractivity contribution in [3.05, 3.63) is 44.9 Å². The van der Waals surface area contributed by atoms with Crippen LogP contribution in [0.15, 0.2) is 27.9 Å². The van der Waals surface area contributed by atoms with Crippen LogP contribution in [0.2, 0.25) is 0 Å². The number of nitrogens with one attached hydrogen (secondary N) is 2. The van der Waals surface area contributed by atoms with Crippen LogP contribution in [0.25, 0.3) is 22.6 Å². The molecule has 0 aliphatic heterocycles. The van der Waals surface area contributed by atoms with Gasteiger partial charge in [-0.25, -0.2) is 14.6 Å². The predicted molar refractivity (Wildman–Crippen MR) is 127 cm³/mol. The number of carbonyl (C=O) groups excluding carboxylic acids is 2. The molecule has 1 atom stereocenters. The van der Waals surface area contributed by atoms with Crippen molar-refractivity contribution in [3.8, 4) is 11.4 Å². The number of nitrogens with zero attached hydrogens (tertiary/aromatic N) is 4. The summed E-state index contributed by atoms with van der Waals surface area (Å²) in [4.78, 5) is 61.9. The van der Waals surface area contributed by atoms with E-state index in [2.05, 4.69) is 20.3 Å². The molecule has 0 saturated heterocycles. The number of aromatic amines is 1. The number of fused-ring (bicyclic) bond motifs is 1. The minimum atomic E-state index is -0.796. The van der Waals surface area contributed by atoms with Crippen molar-refractivity contribution < 1.29 is 14.3 Å². The van der Waals surface area contributed by atoms with E-state index in [-0.39, 0.29) is 22.8 Å². The highest BCUT2D eigenvalue weighted by atomic mass is 16.5. The Kier molecular flexibility index (Phi) is 7.64. The van der Waals surface area contributed by atoms with Gasteiger partial charge in [-0.05, 0) is 30.9 Å². The lowest BCUT2D eigenvalue weighted by Crippen LogP contribution is -2.45. The van der Waals surface area contributed by atoms with Gasteiger partial charge in [0.15, 0.2) is 5.65 Å². The first-order valence-electron chi connectivity index (χ1n) is 11.3. The van der Waals surface area contributed by atoms with Gasteiger partial charge in [-0.2, -0.15) is 0 Å². The van der Waals surface area contributed by atoms with Crippen molar-refractivity contribution >= 4 is 23.0 Å². The van der Waals surface area contributed by atoms with E-state index in [0.29, 0.717) is 43.0 Å². The van der Waals surface area contributed by atoms with Crippen molar-refractivity contribution in [3.63, 3.8) is 0 Å². The third-order valence-corrected chi connectivity index (χ3v) is 5.43. The molecule has 3 aromatic heterocycles. The average molecular weight is 471 g/mol. The van der Waals surface area contributed by atoms with Crippen LogP contribution in [0, 0.1) is 5.92 Å². The number of pyridine rings is 1. The van der Waals surface area contributed by atoms with E-state index in [4.69, 9.17) is 4.74 Å². The molecular formula is C23H30N6O5. The number of imidazole rings is 1. The van der Waals surface area contributed by atoms with Crippen molar-refractivity contribution in [2.75, 3.05) is 7.11 Å². The van der Waals surface area contributed by atoms with Crippen LogP contribution in [0.1, 0.15) is 51.0 Å². The molecule has 3 heterocycles. The van der Waals surface area contributed by atoms with Crippen LogP contribution >= 0.6 is 0 Å². The molecule has 0 radical (unpaired) electrons. The second-order valence-electron chi connectivity index (χ2n) is 8.33. The van der Waals surface area contributed by atoms with Gasteiger partial charge in [0.2, 0.25) is 0 Å².